The van der Waals surface area contributed by atoms with Gasteiger partial charge in [-0.15, -0.1) is 11.8 Å². The van der Waals surface area contributed by atoms with Gasteiger partial charge in [0.1, 0.15) is 5.82 Å². The molecule has 0 fully saturated rings. The molecule has 0 atom stereocenters. The Morgan fingerprint density at radius 2 is 1.65 bits per heavy atom. The molecule has 0 saturated carbocycles. The van der Waals surface area contributed by atoms with E-state index in [9.17, 15) is 14.0 Å². The van der Waals surface area contributed by atoms with Crippen molar-refractivity contribution in [1.82, 2.24) is 4.90 Å². The zero-order valence-electron chi connectivity index (χ0n) is 13.6. The molecule has 3 rings (SSSR count). The van der Waals surface area contributed by atoms with Crippen molar-refractivity contribution in [2.45, 2.75) is 6.54 Å². The third-order valence-corrected chi connectivity index (χ3v) is 5.16. The number of imide groups is 1. The zero-order chi connectivity index (χ0) is 18.7. The topological polar surface area (TPSA) is 57.6 Å². The van der Waals surface area contributed by atoms with E-state index < -0.39 is 17.6 Å². The molecule has 1 aliphatic rings. The quantitative estimate of drug-likeness (QED) is 0.766. The number of nitrogens with zero attached hydrogens (tertiary/aromatic N) is 1. The second-order valence-electron chi connectivity index (χ2n) is 5.61. The Kier molecular flexibility index (Phi) is 5.76. The highest BCUT2D eigenvalue weighted by molar-refractivity contribution is 8.04. The molecular weight excluding hydrogens is 377 g/mol. The zero-order valence-corrected chi connectivity index (χ0v) is 15.2. The van der Waals surface area contributed by atoms with E-state index in [1.54, 1.807) is 24.3 Å². The van der Waals surface area contributed by atoms with Crippen molar-refractivity contribution in [3.63, 3.8) is 0 Å². The van der Waals surface area contributed by atoms with Crippen LogP contribution in [0.5, 0.6) is 0 Å². The van der Waals surface area contributed by atoms with Crippen LogP contribution in [0.3, 0.4) is 0 Å². The molecule has 0 spiro atoms. The summed E-state index contributed by atoms with van der Waals surface area (Å²) in [7, 11) is 0. The second-order valence-corrected chi connectivity index (χ2v) is 7.15. The lowest BCUT2D eigenvalue weighted by molar-refractivity contribution is -0.137. The molecule has 4 nitrogen and oxygen atoms in total. The molecule has 0 aliphatic carbocycles. The third kappa shape index (κ3) is 3.82. The van der Waals surface area contributed by atoms with Crippen molar-refractivity contribution >= 4 is 40.8 Å². The van der Waals surface area contributed by atoms with Crippen LogP contribution in [0.25, 0.3) is 5.57 Å². The van der Waals surface area contributed by atoms with Crippen molar-refractivity contribution in [3.05, 3.63) is 75.4 Å². The van der Waals surface area contributed by atoms with Crippen LogP contribution in [0.4, 0.5) is 4.39 Å². The normalized spacial score (nSPS) is 14.5. The van der Waals surface area contributed by atoms with Crippen molar-refractivity contribution in [2.75, 3.05) is 12.4 Å². The van der Waals surface area contributed by atoms with E-state index in [2.05, 4.69) is 0 Å². The van der Waals surface area contributed by atoms with Gasteiger partial charge in [-0.3, -0.25) is 14.5 Å². The van der Waals surface area contributed by atoms with Crippen molar-refractivity contribution in [1.29, 1.82) is 0 Å². The van der Waals surface area contributed by atoms with Gasteiger partial charge in [0, 0.05) is 10.8 Å². The molecule has 2 aromatic rings. The lowest BCUT2D eigenvalue weighted by Crippen LogP contribution is -2.30. The lowest BCUT2D eigenvalue weighted by atomic mass is 10.1. The Hall–Kier alpha value is -2.15. The number of amides is 2. The van der Waals surface area contributed by atoms with Gasteiger partial charge in [0.2, 0.25) is 0 Å². The van der Waals surface area contributed by atoms with Gasteiger partial charge < -0.3 is 5.11 Å². The van der Waals surface area contributed by atoms with E-state index in [0.29, 0.717) is 10.6 Å². The summed E-state index contributed by atoms with van der Waals surface area (Å²) < 4.78 is 13.2. The van der Waals surface area contributed by atoms with Gasteiger partial charge in [-0.25, -0.2) is 4.39 Å². The summed E-state index contributed by atoms with van der Waals surface area (Å²) in [6.07, 6.45) is 0. The molecule has 134 valence electrons. The summed E-state index contributed by atoms with van der Waals surface area (Å²) in [6, 6.07) is 12.3. The number of hydrogen-bond donors (Lipinski definition) is 1. The summed E-state index contributed by atoms with van der Waals surface area (Å²) >= 11 is 6.99. The molecule has 1 aliphatic heterocycles. The molecule has 1 heterocycles. The van der Waals surface area contributed by atoms with E-state index >= 15 is 0 Å². The summed E-state index contributed by atoms with van der Waals surface area (Å²) in [6.45, 7) is -0.00770. The first-order valence-electron chi connectivity index (χ1n) is 7.85. The van der Waals surface area contributed by atoms with E-state index in [-0.39, 0.29) is 29.4 Å². The van der Waals surface area contributed by atoms with Crippen LogP contribution >= 0.6 is 23.4 Å². The average molecular weight is 392 g/mol. The van der Waals surface area contributed by atoms with E-state index in [4.69, 9.17) is 16.7 Å². The minimum Gasteiger partial charge on any atom is -0.396 e. The first-order valence-corrected chi connectivity index (χ1v) is 9.22. The van der Waals surface area contributed by atoms with Gasteiger partial charge in [0.25, 0.3) is 11.8 Å². The molecule has 0 aromatic heterocycles. The van der Waals surface area contributed by atoms with Gasteiger partial charge >= 0.3 is 0 Å². The van der Waals surface area contributed by atoms with Crippen LogP contribution in [0.15, 0.2) is 53.4 Å². The van der Waals surface area contributed by atoms with Gasteiger partial charge in [-0.05, 0) is 35.4 Å². The summed E-state index contributed by atoms with van der Waals surface area (Å²) in [5.74, 6) is -0.984. The molecule has 0 unspecified atom stereocenters. The first kappa shape index (κ1) is 18.6. The fourth-order valence-electron chi connectivity index (χ4n) is 2.62. The van der Waals surface area contributed by atoms with Crippen molar-refractivity contribution < 1.29 is 19.1 Å². The smallest absolute Gasteiger partial charge is 0.268 e. The molecule has 0 bridgehead atoms. The Labute approximate surface area is 159 Å². The number of carbonyl (C=O) groups is 2. The predicted molar refractivity (Wildman–Crippen MR) is 99.9 cm³/mol. The first-order chi connectivity index (χ1) is 12.5. The van der Waals surface area contributed by atoms with E-state index in [1.165, 1.54) is 24.3 Å². The van der Waals surface area contributed by atoms with Crippen LogP contribution in [0.2, 0.25) is 5.02 Å². The molecule has 7 heteroatoms. The van der Waals surface area contributed by atoms with Crippen LogP contribution in [0, 0.1) is 5.82 Å². The number of carbonyl (C=O) groups excluding carboxylic acids is 2. The lowest BCUT2D eigenvalue weighted by Gasteiger charge is -2.15. The minimum atomic E-state index is -0.433. The number of benzene rings is 2. The number of hydrogen-bond acceptors (Lipinski definition) is 4. The van der Waals surface area contributed by atoms with Crippen LogP contribution < -0.4 is 0 Å². The van der Waals surface area contributed by atoms with Gasteiger partial charge in [-0.2, -0.15) is 0 Å². The maximum absolute atomic E-state index is 13.2. The van der Waals surface area contributed by atoms with Crippen LogP contribution in [-0.2, 0) is 16.1 Å². The molecule has 0 saturated heterocycles. The van der Waals surface area contributed by atoms with Crippen molar-refractivity contribution in [3.8, 4) is 0 Å². The molecule has 2 amide bonds. The molecule has 1 N–H and O–H groups in total. The van der Waals surface area contributed by atoms with Gasteiger partial charge in [0.15, 0.2) is 0 Å². The fourth-order valence-corrected chi connectivity index (χ4v) is 3.63. The molecule has 26 heavy (non-hydrogen) atoms. The average Bonchev–Trinajstić information content (AvgIpc) is 2.87. The standard InChI is InChI=1S/C19H15ClFNO3S/c20-14-5-1-12(2-6-14)11-22-18(24)16(13-3-7-15(21)8-4-13)17(19(22)25)26-10-9-23/h1-8,23H,9-11H2. The largest absolute Gasteiger partial charge is 0.396 e. The SMILES string of the molecule is O=C1C(SCCO)=C(c2ccc(F)cc2)C(=O)N1Cc1ccc(Cl)cc1. The Balaban J connectivity index is 1.94. The molecule has 0 radical (unpaired) electrons. The highest BCUT2D eigenvalue weighted by atomic mass is 35.5. The Morgan fingerprint density at radius 1 is 1.00 bits per heavy atom. The Bertz CT molecular complexity index is 865. The third-order valence-electron chi connectivity index (χ3n) is 3.85. The van der Waals surface area contributed by atoms with Crippen molar-refractivity contribution in [2.24, 2.45) is 0 Å². The molecule has 2 aromatic carbocycles. The highest BCUT2D eigenvalue weighted by Gasteiger charge is 2.39. The number of halogens is 2. The van der Waals surface area contributed by atoms with Crippen LogP contribution in [-0.4, -0.2) is 34.2 Å². The van der Waals surface area contributed by atoms with E-state index in [1.807, 2.05) is 0 Å². The fraction of sp³-hybridized carbons (Fsp3) is 0.158. The van der Waals surface area contributed by atoms with Gasteiger partial charge in [-0.1, -0.05) is 35.9 Å². The van der Waals surface area contributed by atoms with E-state index in [0.717, 1.165) is 22.2 Å². The number of aliphatic hydroxyl groups excluding tert-OH is 1. The number of aliphatic hydroxyl groups is 1. The minimum absolute atomic E-state index is 0.114. The van der Waals surface area contributed by atoms with Gasteiger partial charge in [0.05, 0.1) is 23.6 Å². The number of thioether (sulfide) groups is 1. The summed E-state index contributed by atoms with van der Waals surface area (Å²) in [5.41, 5.74) is 1.48. The molecular formula is C19H15ClFNO3S. The summed E-state index contributed by atoms with van der Waals surface area (Å²) in [4.78, 5) is 27.1. The maximum atomic E-state index is 13.2. The number of rotatable bonds is 6. The monoisotopic (exact) mass is 391 g/mol. The van der Waals surface area contributed by atoms with Crippen LogP contribution in [0.1, 0.15) is 11.1 Å². The predicted octanol–water partition coefficient (Wildman–Crippen LogP) is 3.48. The maximum Gasteiger partial charge on any atom is 0.268 e. The summed E-state index contributed by atoms with van der Waals surface area (Å²) in [5, 5.41) is 9.65. The second kappa shape index (κ2) is 8.03. The Morgan fingerprint density at radius 3 is 2.27 bits per heavy atom. The highest BCUT2D eigenvalue weighted by Crippen LogP contribution is 2.36.